The number of alkyl halides is 1. The van der Waals surface area contributed by atoms with Crippen molar-refractivity contribution in [1.82, 2.24) is 10.9 Å². The normalized spacial score (nSPS) is 21.4. The van der Waals surface area contributed by atoms with Crippen LogP contribution in [0.2, 0.25) is 0 Å². The first-order valence-electron chi connectivity index (χ1n) is 9.13. The van der Waals surface area contributed by atoms with Crippen LogP contribution in [0.3, 0.4) is 0 Å². The smallest absolute Gasteiger partial charge is 0.323 e. The van der Waals surface area contributed by atoms with Gasteiger partial charge in [0.1, 0.15) is 6.04 Å². The maximum absolute atomic E-state index is 12.6. The maximum atomic E-state index is 12.6. The number of hydrogen-bond donors (Lipinski definition) is 5. The molecule has 3 rings (SSSR count). The molecule has 0 aromatic heterocycles. The zero-order valence-electron chi connectivity index (χ0n) is 15.7. The minimum Gasteiger partial charge on any atom is -0.325 e. The molecule has 1 saturated heterocycles. The largest absolute Gasteiger partial charge is 0.325 e. The van der Waals surface area contributed by atoms with Gasteiger partial charge in [-0.1, -0.05) is 54.0 Å². The molecule has 5 N–H and O–H groups in total. The highest BCUT2D eigenvalue weighted by Gasteiger charge is 2.39. The number of amides is 3. The number of hydrazine groups is 1. The van der Waals surface area contributed by atoms with Gasteiger partial charge in [-0.05, 0) is 36.2 Å². The summed E-state index contributed by atoms with van der Waals surface area (Å²) in [4.78, 5) is 24.7. The fourth-order valence-corrected chi connectivity index (χ4v) is 4.12. The zero-order valence-corrected chi connectivity index (χ0v) is 17.3. The summed E-state index contributed by atoms with van der Waals surface area (Å²) in [5.41, 5.74) is 8.10. The number of hydrogen-bond acceptors (Lipinski definition) is 4. The van der Waals surface area contributed by atoms with Gasteiger partial charge in [-0.15, -0.1) is 0 Å². The third-order valence-electron chi connectivity index (χ3n) is 4.49. The summed E-state index contributed by atoms with van der Waals surface area (Å²) in [6.07, 6.45) is 0. The van der Waals surface area contributed by atoms with Crippen LogP contribution in [-0.2, 0) is 4.79 Å². The highest BCUT2D eigenvalue weighted by Crippen LogP contribution is 2.23. The Balaban J connectivity index is 1.59. The number of urea groups is 1. The Labute approximate surface area is 172 Å². The first-order valence-corrected chi connectivity index (χ1v) is 10.0. The number of anilines is 3. The van der Waals surface area contributed by atoms with Gasteiger partial charge < -0.3 is 16.0 Å². The Morgan fingerprint density at radius 1 is 0.893 bits per heavy atom. The molecule has 7 nitrogen and oxygen atoms in total. The predicted octanol–water partition coefficient (Wildman–Crippen LogP) is 3.53. The van der Waals surface area contributed by atoms with Crippen LogP contribution in [0.25, 0.3) is 0 Å². The topological polar surface area (TPSA) is 94.3 Å². The Bertz CT molecular complexity index is 830. The number of nitrogens with one attached hydrogen (secondary N) is 5. The second kappa shape index (κ2) is 9.18. The lowest BCUT2D eigenvalue weighted by atomic mass is 9.99. The molecule has 3 amide bonds. The number of carbonyl (C=O) groups is 2. The van der Waals surface area contributed by atoms with Gasteiger partial charge in [0, 0.05) is 23.1 Å². The van der Waals surface area contributed by atoms with Gasteiger partial charge in [0.15, 0.2) is 0 Å². The van der Waals surface area contributed by atoms with Crippen LogP contribution in [0.1, 0.15) is 13.8 Å². The Kier molecular flexibility index (Phi) is 6.66. The molecule has 3 unspecified atom stereocenters. The van der Waals surface area contributed by atoms with Crippen molar-refractivity contribution in [2.75, 3.05) is 16.0 Å². The molecule has 0 aliphatic carbocycles. The molecule has 3 atom stereocenters. The first-order chi connectivity index (χ1) is 13.4. The van der Waals surface area contributed by atoms with E-state index < -0.39 is 6.04 Å². The van der Waals surface area contributed by atoms with Crippen LogP contribution in [0, 0.1) is 5.92 Å². The third-order valence-corrected chi connectivity index (χ3v) is 5.59. The molecule has 1 heterocycles. The van der Waals surface area contributed by atoms with Crippen LogP contribution in [0.5, 0.6) is 0 Å². The molecule has 2 aromatic carbocycles. The van der Waals surface area contributed by atoms with Crippen LogP contribution in [0.4, 0.5) is 21.9 Å². The van der Waals surface area contributed by atoms with Crippen molar-refractivity contribution < 1.29 is 9.59 Å². The molecule has 8 heteroatoms. The summed E-state index contributed by atoms with van der Waals surface area (Å²) in [6, 6.07) is 15.6. The first kappa shape index (κ1) is 20.3. The lowest BCUT2D eigenvalue weighted by Crippen LogP contribution is -2.42. The Morgan fingerprint density at radius 3 is 2.14 bits per heavy atom. The van der Waals surface area contributed by atoms with Gasteiger partial charge >= 0.3 is 6.03 Å². The van der Waals surface area contributed by atoms with Gasteiger partial charge in [-0.3, -0.25) is 10.2 Å². The van der Waals surface area contributed by atoms with Gasteiger partial charge in [0.25, 0.3) is 0 Å². The molecule has 0 radical (unpaired) electrons. The number of benzene rings is 2. The quantitative estimate of drug-likeness (QED) is 0.455. The SMILES string of the molecule is CC(C)C1NNC(C(=O)Nc2cccc(NC(=O)Nc3ccccc3)c2)C1Br. The van der Waals surface area contributed by atoms with Crippen molar-refractivity contribution >= 4 is 44.9 Å². The van der Waals surface area contributed by atoms with Gasteiger partial charge in [0.2, 0.25) is 5.91 Å². The third kappa shape index (κ3) is 5.09. The highest BCUT2D eigenvalue weighted by molar-refractivity contribution is 9.09. The standard InChI is InChI=1S/C20H24BrN5O2/c1-12(2)17-16(21)18(26-25-17)19(27)22-14-9-6-10-15(11-14)24-20(28)23-13-7-4-3-5-8-13/h3-12,16-18,25-26H,1-2H3,(H,22,27)(H2,23,24,28). The summed E-state index contributed by atoms with van der Waals surface area (Å²) >= 11 is 3.61. The molecular formula is C20H24BrN5O2. The zero-order chi connectivity index (χ0) is 20.1. The number of halogens is 1. The fraction of sp³-hybridized carbons (Fsp3) is 0.300. The summed E-state index contributed by atoms with van der Waals surface area (Å²) in [7, 11) is 0. The average Bonchev–Trinajstić information content (AvgIpc) is 3.04. The number of carbonyl (C=O) groups excluding carboxylic acids is 2. The van der Waals surface area contributed by atoms with E-state index >= 15 is 0 Å². The second-order valence-electron chi connectivity index (χ2n) is 7.00. The van der Waals surface area contributed by atoms with Crippen molar-refractivity contribution in [3.8, 4) is 0 Å². The maximum Gasteiger partial charge on any atom is 0.323 e. The lowest BCUT2D eigenvalue weighted by Gasteiger charge is -2.19. The fourth-order valence-electron chi connectivity index (χ4n) is 3.01. The molecule has 2 aromatic rings. The molecule has 148 valence electrons. The van der Waals surface area contributed by atoms with Crippen molar-refractivity contribution in [2.24, 2.45) is 5.92 Å². The summed E-state index contributed by atoms with van der Waals surface area (Å²) < 4.78 is 0. The van der Waals surface area contributed by atoms with E-state index in [9.17, 15) is 9.59 Å². The molecule has 1 aliphatic heterocycles. The summed E-state index contributed by atoms with van der Waals surface area (Å²) in [6.45, 7) is 4.20. The van der Waals surface area contributed by atoms with E-state index in [1.807, 2.05) is 18.2 Å². The number of para-hydroxylation sites is 1. The van der Waals surface area contributed by atoms with E-state index in [2.05, 4.69) is 56.6 Å². The molecule has 0 bridgehead atoms. The van der Waals surface area contributed by atoms with Crippen LogP contribution in [-0.4, -0.2) is 28.8 Å². The van der Waals surface area contributed by atoms with Gasteiger partial charge in [-0.2, -0.15) is 0 Å². The molecule has 1 fully saturated rings. The minimum atomic E-state index is -0.398. The highest BCUT2D eigenvalue weighted by atomic mass is 79.9. The van der Waals surface area contributed by atoms with E-state index in [1.165, 1.54) is 0 Å². The van der Waals surface area contributed by atoms with Crippen LogP contribution in [0.15, 0.2) is 54.6 Å². The van der Waals surface area contributed by atoms with Gasteiger partial charge in [0.05, 0.1) is 4.83 Å². The lowest BCUT2D eigenvalue weighted by molar-refractivity contribution is -0.117. The summed E-state index contributed by atoms with van der Waals surface area (Å²) in [5.74, 6) is 0.230. The Hall–Kier alpha value is -2.42. The van der Waals surface area contributed by atoms with E-state index in [0.717, 1.165) is 0 Å². The molecule has 1 aliphatic rings. The molecular weight excluding hydrogens is 422 g/mol. The average molecular weight is 446 g/mol. The minimum absolute atomic E-state index is 0.0227. The van der Waals surface area contributed by atoms with Crippen molar-refractivity contribution in [3.63, 3.8) is 0 Å². The molecule has 28 heavy (non-hydrogen) atoms. The summed E-state index contributed by atoms with van der Waals surface area (Å²) in [5, 5.41) is 8.41. The Morgan fingerprint density at radius 2 is 1.50 bits per heavy atom. The van der Waals surface area contributed by atoms with E-state index in [4.69, 9.17) is 0 Å². The van der Waals surface area contributed by atoms with E-state index in [0.29, 0.717) is 23.0 Å². The van der Waals surface area contributed by atoms with Crippen molar-refractivity contribution in [3.05, 3.63) is 54.6 Å². The van der Waals surface area contributed by atoms with Gasteiger partial charge in [-0.25, -0.2) is 10.2 Å². The molecule has 0 spiro atoms. The molecule has 0 saturated carbocycles. The van der Waals surface area contributed by atoms with E-state index in [1.54, 1.807) is 36.4 Å². The van der Waals surface area contributed by atoms with Crippen LogP contribution < -0.4 is 26.8 Å². The number of rotatable bonds is 5. The van der Waals surface area contributed by atoms with Crippen molar-refractivity contribution in [1.29, 1.82) is 0 Å². The van der Waals surface area contributed by atoms with E-state index in [-0.39, 0.29) is 22.8 Å². The predicted molar refractivity (Wildman–Crippen MR) is 116 cm³/mol. The monoisotopic (exact) mass is 445 g/mol. The second-order valence-corrected chi connectivity index (χ2v) is 8.05. The van der Waals surface area contributed by atoms with Crippen molar-refractivity contribution in [2.45, 2.75) is 30.8 Å². The van der Waals surface area contributed by atoms with Crippen LogP contribution >= 0.6 is 15.9 Å².